The Kier molecular flexibility index (Phi) is 4.27. The van der Waals surface area contributed by atoms with Gasteiger partial charge in [0.15, 0.2) is 0 Å². The number of hydrogen-bond acceptors (Lipinski definition) is 5. The van der Waals surface area contributed by atoms with Crippen LogP contribution in [0.3, 0.4) is 0 Å². The number of halogens is 3. The normalized spacial score (nSPS) is 20.4. The molecule has 3 N–H and O–H groups in total. The fourth-order valence-electron chi connectivity index (χ4n) is 3.41. The third-order valence-corrected chi connectivity index (χ3v) is 4.76. The summed E-state index contributed by atoms with van der Waals surface area (Å²) in [5.41, 5.74) is 7.06. The van der Waals surface area contributed by atoms with Gasteiger partial charge in [0.1, 0.15) is 24.0 Å². The van der Waals surface area contributed by atoms with Gasteiger partial charge < -0.3 is 20.1 Å². The summed E-state index contributed by atoms with van der Waals surface area (Å²) in [7, 11) is 0. The van der Waals surface area contributed by atoms with Crippen molar-refractivity contribution in [3.63, 3.8) is 0 Å². The summed E-state index contributed by atoms with van der Waals surface area (Å²) < 4.78 is 46.1. The SMILES string of the molecule is Nc1ncnc2c1c(-c1ccc(C(F)(F)F)cc1)cn2C1CCC(CO)O1. The van der Waals surface area contributed by atoms with Crippen LogP contribution in [0.2, 0.25) is 0 Å². The Morgan fingerprint density at radius 1 is 1.19 bits per heavy atom. The van der Waals surface area contributed by atoms with Gasteiger partial charge in [0.2, 0.25) is 0 Å². The van der Waals surface area contributed by atoms with E-state index in [1.54, 1.807) is 10.8 Å². The summed E-state index contributed by atoms with van der Waals surface area (Å²) in [6.45, 7) is -0.0708. The van der Waals surface area contributed by atoms with Gasteiger partial charge in [0.25, 0.3) is 0 Å². The molecule has 1 aliphatic rings. The van der Waals surface area contributed by atoms with E-state index < -0.39 is 11.7 Å². The zero-order chi connectivity index (χ0) is 19.2. The molecule has 2 unspecified atom stereocenters. The van der Waals surface area contributed by atoms with E-state index in [0.717, 1.165) is 12.1 Å². The smallest absolute Gasteiger partial charge is 0.394 e. The number of benzene rings is 1. The molecule has 0 amide bonds. The van der Waals surface area contributed by atoms with E-state index in [1.807, 2.05) is 0 Å². The third-order valence-electron chi connectivity index (χ3n) is 4.76. The third kappa shape index (κ3) is 3.13. The summed E-state index contributed by atoms with van der Waals surface area (Å²) in [6.07, 6.45) is -0.483. The van der Waals surface area contributed by atoms with Gasteiger partial charge in [-0.25, -0.2) is 9.97 Å². The summed E-state index contributed by atoms with van der Waals surface area (Å²) in [6, 6.07) is 4.87. The summed E-state index contributed by atoms with van der Waals surface area (Å²) in [5, 5.41) is 9.85. The van der Waals surface area contributed by atoms with Gasteiger partial charge in [-0.2, -0.15) is 13.2 Å². The van der Waals surface area contributed by atoms with Crippen LogP contribution in [0.5, 0.6) is 0 Å². The number of alkyl halides is 3. The molecule has 0 saturated carbocycles. The molecule has 6 nitrogen and oxygen atoms in total. The van der Waals surface area contributed by atoms with E-state index in [9.17, 15) is 18.3 Å². The van der Waals surface area contributed by atoms with Gasteiger partial charge >= 0.3 is 6.18 Å². The maximum absolute atomic E-state index is 12.8. The first kappa shape index (κ1) is 17.7. The van der Waals surface area contributed by atoms with Crippen molar-refractivity contribution in [1.82, 2.24) is 14.5 Å². The molecule has 0 radical (unpaired) electrons. The molecule has 3 heterocycles. The van der Waals surface area contributed by atoms with Crippen molar-refractivity contribution in [3.05, 3.63) is 42.4 Å². The van der Waals surface area contributed by atoms with Crippen LogP contribution in [0.1, 0.15) is 24.6 Å². The van der Waals surface area contributed by atoms with E-state index in [0.29, 0.717) is 35.0 Å². The van der Waals surface area contributed by atoms with E-state index in [4.69, 9.17) is 10.5 Å². The Morgan fingerprint density at radius 3 is 2.56 bits per heavy atom. The van der Waals surface area contributed by atoms with Crippen molar-refractivity contribution < 1.29 is 23.0 Å². The topological polar surface area (TPSA) is 86.2 Å². The molecule has 1 aliphatic heterocycles. The predicted molar refractivity (Wildman–Crippen MR) is 92.6 cm³/mol. The molecule has 0 spiro atoms. The molecule has 1 saturated heterocycles. The van der Waals surface area contributed by atoms with Gasteiger partial charge in [-0.1, -0.05) is 12.1 Å². The fourth-order valence-corrected chi connectivity index (χ4v) is 3.41. The number of aliphatic hydroxyl groups excluding tert-OH is 1. The van der Waals surface area contributed by atoms with Crippen LogP contribution >= 0.6 is 0 Å². The van der Waals surface area contributed by atoms with Crippen molar-refractivity contribution in [1.29, 1.82) is 0 Å². The first-order valence-electron chi connectivity index (χ1n) is 8.43. The van der Waals surface area contributed by atoms with Gasteiger partial charge in [-0.15, -0.1) is 0 Å². The van der Waals surface area contributed by atoms with Crippen molar-refractivity contribution in [2.24, 2.45) is 0 Å². The highest BCUT2D eigenvalue weighted by Crippen LogP contribution is 2.38. The maximum Gasteiger partial charge on any atom is 0.416 e. The standard InChI is InChI=1S/C18H17F3N4O2/c19-18(20,21)11-3-1-10(2-4-11)13-7-25(14-6-5-12(8-26)27-14)17-15(13)16(22)23-9-24-17/h1-4,7,9,12,14,26H,5-6,8H2,(H2,22,23,24). The van der Waals surface area contributed by atoms with Crippen LogP contribution in [-0.2, 0) is 10.9 Å². The summed E-state index contributed by atoms with van der Waals surface area (Å²) >= 11 is 0. The molecular formula is C18H17F3N4O2. The summed E-state index contributed by atoms with van der Waals surface area (Å²) in [4.78, 5) is 8.30. The molecule has 1 aromatic carbocycles. The molecule has 0 aliphatic carbocycles. The molecule has 3 aromatic rings. The first-order chi connectivity index (χ1) is 12.9. The van der Waals surface area contributed by atoms with Gasteiger partial charge in [-0.05, 0) is 30.5 Å². The molecule has 2 atom stereocenters. The number of nitrogens with zero attached hydrogens (tertiary/aromatic N) is 3. The quantitative estimate of drug-likeness (QED) is 0.730. The van der Waals surface area contributed by atoms with Crippen molar-refractivity contribution in [2.45, 2.75) is 31.3 Å². The van der Waals surface area contributed by atoms with Crippen LogP contribution in [0.25, 0.3) is 22.2 Å². The van der Waals surface area contributed by atoms with Crippen molar-refractivity contribution in [3.8, 4) is 11.1 Å². The molecule has 142 valence electrons. The second-order valence-electron chi connectivity index (χ2n) is 6.46. The number of ether oxygens (including phenoxy) is 1. The van der Waals surface area contributed by atoms with Crippen molar-refractivity contribution in [2.75, 3.05) is 12.3 Å². The van der Waals surface area contributed by atoms with E-state index in [-0.39, 0.29) is 24.8 Å². The van der Waals surface area contributed by atoms with Gasteiger partial charge in [-0.3, -0.25) is 0 Å². The average Bonchev–Trinajstić information content (AvgIpc) is 3.26. The van der Waals surface area contributed by atoms with E-state index in [1.165, 1.54) is 18.5 Å². The highest BCUT2D eigenvalue weighted by Gasteiger charge is 2.31. The lowest BCUT2D eigenvalue weighted by atomic mass is 10.0. The largest absolute Gasteiger partial charge is 0.416 e. The molecular weight excluding hydrogens is 361 g/mol. The minimum Gasteiger partial charge on any atom is -0.394 e. The Hall–Kier alpha value is -2.65. The minimum atomic E-state index is -4.40. The lowest BCUT2D eigenvalue weighted by Crippen LogP contribution is -2.14. The maximum atomic E-state index is 12.8. The second kappa shape index (κ2) is 6.50. The van der Waals surface area contributed by atoms with Crippen LogP contribution < -0.4 is 5.73 Å². The molecule has 1 fully saturated rings. The monoisotopic (exact) mass is 378 g/mol. The van der Waals surface area contributed by atoms with E-state index in [2.05, 4.69) is 9.97 Å². The van der Waals surface area contributed by atoms with Gasteiger partial charge in [0, 0.05) is 11.8 Å². The Balaban J connectivity index is 1.82. The zero-order valence-electron chi connectivity index (χ0n) is 14.1. The average molecular weight is 378 g/mol. The van der Waals surface area contributed by atoms with Crippen LogP contribution in [0, 0.1) is 0 Å². The van der Waals surface area contributed by atoms with Crippen LogP contribution in [0.4, 0.5) is 19.0 Å². The Labute approximate surface area is 152 Å². The molecule has 4 rings (SSSR count). The Bertz CT molecular complexity index is 969. The molecule has 0 bridgehead atoms. The number of aromatic nitrogens is 3. The number of rotatable bonds is 3. The fraction of sp³-hybridized carbons (Fsp3) is 0.333. The highest BCUT2D eigenvalue weighted by molar-refractivity contribution is 6.00. The number of aliphatic hydroxyl groups is 1. The van der Waals surface area contributed by atoms with Crippen LogP contribution in [-0.4, -0.2) is 32.4 Å². The lowest BCUT2D eigenvalue weighted by Gasteiger charge is -2.14. The highest BCUT2D eigenvalue weighted by atomic mass is 19.4. The minimum absolute atomic E-state index is 0.0708. The van der Waals surface area contributed by atoms with Gasteiger partial charge in [0.05, 0.1) is 23.7 Å². The number of hydrogen-bond donors (Lipinski definition) is 2. The predicted octanol–water partition coefficient (Wildman–Crippen LogP) is 3.37. The molecule has 27 heavy (non-hydrogen) atoms. The number of fused-ring (bicyclic) bond motifs is 1. The van der Waals surface area contributed by atoms with E-state index >= 15 is 0 Å². The molecule has 2 aromatic heterocycles. The first-order valence-corrected chi connectivity index (χ1v) is 8.43. The molecule has 9 heteroatoms. The second-order valence-corrected chi connectivity index (χ2v) is 6.46. The van der Waals surface area contributed by atoms with Crippen LogP contribution in [0.15, 0.2) is 36.8 Å². The number of anilines is 1. The summed E-state index contributed by atoms with van der Waals surface area (Å²) in [5.74, 6) is 0.241. The zero-order valence-corrected chi connectivity index (χ0v) is 14.1. The van der Waals surface area contributed by atoms with Crippen molar-refractivity contribution >= 4 is 16.9 Å². The lowest BCUT2D eigenvalue weighted by molar-refractivity contribution is -0.137. The number of nitrogens with two attached hydrogens (primary N) is 1. The number of nitrogen functional groups attached to an aromatic ring is 1. The Morgan fingerprint density at radius 2 is 1.93 bits per heavy atom.